The fourth-order valence-electron chi connectivity index (χ4n) is 2.49. The topological polar surface area (TPSA) is 68.5 Å². The van der Waals surface area contributed by atoms with Gasteiger partial charge >= 0.3 is 5.63 Å². The maximum Gasteiger partial charge on any atom is 0.349 e. The van der Waals surface area contributed by atoms with E-state index in [0.717, 1.165) is 5.56 Å². The van der Waals surface area contributed by atoms with Gasteiger partial charge < -0.3 is 14.5 Å². The second-order valence-electron chi connectivity index (χ2n) is 5.60. The van der Waals surface area contributed by atoms with Crippen LogP contribution in [-0.4, -0.2) is 13.0 Å². The van der Waals surface area contributed by atoms with E-state index in [1.807, 2.05) is 19.1 Å². The number of carbonyl (C=O) groups excluding carboxylic acids is 1. The largest absolute Gasteiger partial charge is 0.497 e. The Kier molecular flexibility index (Phi) is 4.76. The summed E-state index contributed by atoms with van der Waals surface area (Å²) in [6.07, 6.45) is 0. The summed E-state index contributed by atoms with van der Waals surface area (Å²) in [5.41, 5.74) is 0.513. The van der Waals surface area contributed by atoms with E-state index in [4.69, 9.17) is 20.8 Å². The van der Waals surface area contributed by atoms with Crippen molar-refractivity contribution in [1.82, 2.24) is 5.32 Å². The van der Waals surface area contributed by atoms with E-state index in [-0.39, 0.29) is 11.6 Å². The zero-order valence-electron chi connectivity index (χ0n) is 13.7. The molecule has 25 heavy (non-hydrogen) atoms. The van der Waals surface area contributed by atoms with Gasteiger partial charge in [-0.15, -0.1) is 0 Å². The molecule has 1 unspecified atom stereocenters. The number of halogens is 1. The van der Waals surface area contributed by atoms with Crippen LogP contribution in [0.2, 0.25) is 5.02 Å². The lowest BCUT2D eigenvalue weighted by molar-refractivity contribution is 0.0936. The molecule has 128 valence electrons. The van der Waals surface area contributed by atoms with Crippen LogP contribution in [0.5, 0.6) is 5.75 Å². The molecule has 0 aliphatic carbocycles. The van der Waals surface area contributed by atoms with Crippen LogP contribution in [0, 0.1) is 0 Å². The highest BCUT2D eigenvalue weighted by Gasteiger charge is 2.17. The number of benzene rings is 2. The summed E-state index contributed by atoms with van der Waals surface area (Å²) in [7, 11) is 1.53. The van der Waals surface area contributed by atoms with Gasteiger partial charge in [-0.25, -0.2) is 4.79 Å². The lowest BCUT2D eigenvalue weighted by atomic mass is 10.1. The molecule has 0 saturated carbocycles. The molecule has 0 aliphatic rings. The highest BCUT2D eigenvalue weighted by Crippen LogP contribution is 2.21. The summed E-state index contributed by atoms with van der Waals surface area (Å²) in [6, 6.07) is 13.5. The molecule has 6 heteroatoms. The zero-order valence-corrected chi connectivity index (χ0v) is 14.5. The first-order chi connectivity index (χ1) is 12.0. The Morgan fingerprint density at radius 3 is 2.56 bits per heavy atom. The van der Waals surface area contributed by atoms with Crippen LogP contribution in [-0.2, 0) is 0 Å². The molecule has 2 aromatic carbocycles. The third-order valence-corrected chi connectivity index (χ3v) is 4.16. The van der Waals surface area contributed by atoms with Gasteiger partial charge in [-0.05, 0) is 42.8 Å². The van der Waals surface area contributed by atoms with Crippen LogP contribution >= 0.6 is 11.6 Å². The molecule has 0 fully saturated rings. The van der Waals surface area contributed by atoms with Crippen LogP contribution in [0.3, 0.4) is 0 Å². The SMILES string of the molecule is COc1ccc2cc(C(=O)NC(C)c3ccc(Cl)cc3)c(=O)oc2c1. The van der Waals surface area contributed by atoms with Gasteiger partial charge in [0.1, 0.15) is 16.9 Å². The van der Waals surface area contributed by atoms with Crippen molar-refractivity contribution in [1.29, 1.82) is 0 Å². The molecular weight excluding hydrogens is 342 g/mol. The van der Waals surface area contributed by atoms with Crippen molar-refractivity contribution in [3.8, 4) is 5.75 Å². The third kappa shape index (κ3) is 3.67. The standard InChI is InChI=1S/C19H16ClNO4/c1-11(12-3-6-14(20)7-4-12)21-18(22)16-9-13-5-8-15(24-2)10-17(13)25-19(16)23/h3-11H,1-2H3,(H,21,22). The average molecular weight is 358 g/mol. The van der Waals surface area contributed by atoms with Crippen LogP contribution in [0.4, 0.5) is 0 Å². The summed E-state index contributed by atoms with van der Waals surface area (Å²) in [4.78, 5) is 24.6. The maximum atomic E-state index is 12.5. The Labute approximate surface area is 149 Å². The number of fused-ring (bicyclic) bond motifs is 1. The molecule has 3 rings (SSSR count). The van der Waals surface area contributed by atoms with E-state index in [9.17, 15) is 9.59 Å². The second kappa shape index (κ2) is 6.99. The Morgan fingerprint density at radius 1 is 1.16 bits per heavy atom. The fourth-order valence-corrected chi connectivity index (χ4v) is 2.61. The quantitative estimate of drug-likeness (QED) is 0.718. The number of rotatable bonds is 4. The molecule has 1 amide bonds. The highest BCUT2D eigenvalue weighted by molar-refractivity contribution is 6.30. The van der Waals surface area contributed by atoms with Gasteiger partial charge in [0.2, 0.25) is 0 Å². The van der Waals surface area contributed by atoms with Gasteiger partial charge in [-0.3, -0.25) is 4.79 Å². The van der Waals surface area contributed by atoms with Gasteiger partial charge in [0.05, 0.1) is 13.2 Å². The van der Waals surface area contributed by atoms with Crippen molar-refractivity contribution in [3.63, 3.8) is 0 Å². The number of nitrogens with one attached hydrogen (secondary N) is 1. The van der Waals surface area contributed by atoms with E-state index in [1.54, 1.807) is 30.3 Å². The predicted octanol–water partition coefficient (Wildman–Crippen LogP) is 3.95. The number of ether oxygens (including phenoxy) is 1. The molecule has 5 nitrogen and oxygen atoms in total. The summed E-state index contributed by atoms with van der Waals surface area (Å²) in [6.45, 7) is 1.83. The fraction of sp³-hybridized carbons (Fsp3) is 0.158. The first kappa shape index (κ1) is 17.0. The number of carbonyl (C=O) groups is 1. The molecule has 0 saturated heterocycles. The van der Waals surface area contributed by atoms with Crippen molar-refractivity contribution in [2.75, 3.05) is 7.11 Å². The smallest absolute Gasteiger partial charge is 0.349 e. The zero-order chi connectivity index (χ0) is 18.0. The van der Waals surface area contributed by atoms with Crippen molar-refractivity contribution in [2.24, 2.45) is 0 Å². The predicted molar refractivity (Wildman–Crippen MR) is 96.4 cm³/mol. The summed E-state index contributed by atoms with van der Waals surface area (Å²) >= 11 is 5.87. The Hall–Kier alpha value is -2.79. The van der Waals surface area contributed by atoms with Gasteiger partial charge in [0.15, 0.2) is 0 Å². The normalized spacial score (nSPS) is 12.0. The molecule has 3 aromatic rings. The van der Waals surface area contributed by atoms with Gasteiger partial charge in [0.25, 0.3) is 5.91 Å². The molecule has 0 radical (unpaired) electrons. The minimum atomic E-state index is -0.693. The molecule has 0 aliphatic heterocycles. The average Bonchev–Trinajstić information content (AvgIpc) is 2.60. The maximum absolute atomic E-state index is 12.5. The van der Waals surface area contributed by atoms with Gasteiger partial charge in [0, 0.05) is 16.5 Å². The van der Waals surface area contributed by atoms with Crippen LogP contribution in [0.25, 0.3) is 11.0 Å². The van der Waals surface area contributed by atoms with E-state index in [1.165, 1.54) is 13.2 Å². The molecule has 1 heterocycles. The second-order valence-corrected chi connectivity index (χ2v) is 6.03. The molecular formula is C19H16ClNO4. The summed E-state index contributed by atoms with van der Waals surface area (Å²) < 4.78 is 10.3. The monoisotopic (exact) mass is 357 g/mol. The Bertz CT molecular complexity index is 979. The first-order valence-corrected chi connectivity index (χ1v) is 8.04. The van der Waals surface area contributed by atoms with Crippen LogP contribution < -0.4 is 15.7 Å². The lowest BCUT2D eigenvalue weighted by Gasteiger charge is -2.14. The molecule has 1 N–H and O–H groups in total. The van der Waals surface area contributed by atoms with E-state index in [0.29, 0.717) is 21.7 Å². The van der Waals surface area contributed by atoms with E-state index in [2.05, 4.69) is 5.32 Å². The van der Waals surface area contributed by atoms with Gasteiger partial charge in [-0.2, -0.15) is 0 Å². The molecule has 0 bridgehead atoms. The van der Waals surface area contributed by atoms with Crippen LogP contribution in [0.15, 0.2) is 57.7 Å². The minimum absolute atomic E-state index is 0.0431. The van der Waals surface area contributed by atoms with E-state index >= 15 is 0 Å². The lowest BCUT2D eigenvalue weighted by Crippen LogP contribution is -2.30. The van der Waals surface area contributed by atoms with Crippen molar-refractivity contribution < 1.29 is 13.9 Å². The number of hydrogen-bond acceptors (Lipinski definition) is 4. The van der Waals surface area contributed by atoms with E-state index < -0.39 is 11.5 Å². The van der Waals surface area contributed by atoms with Crippen LogP contribution in [0.1, 0.15) is 28.9 Å². The molecule has 0 spiro atoms. The van der Waals surface area contributed by atoms with Crippen molar-refractivity contribution in [3.05, 3.63) is 75.1 Å². The molecule has 1 aromatic heterocycles. The Balaban J connectivity index is 1.87. The summed E-state index contributed by atoms with van der Waals surface area (Å²) in [5, 5.41) is 4.05. The first-order valence-electron chi connectivity index (χ1n) is 7.66. The number of hydrogen-bond donors (Lipinski definition) is 1. The Morgan fingerprint density at radius 2 is 1.88 bits per heavy atom. The van der Waals surface area contributed by atoms with Gasteiger partial charge in [-0.1, -0.05) is 23.7 Å². The number of amides is 1. The van der Waals surface area contributed by atoms with Crippen molar-refractivity contribution >= 4 is 28.5 Å². The third-order valence-electron chi connectivity index (χ3n) is 3.91. The number of methoxy groups -OCH3 is 1. The highest BCUT2D eigenvalue weighted by atomic mass is 35.5. The van der Waals surface area contributed by atoms with Crippen molar-refractivity contribution in [2.45, 2.75) is 13.0 Å². The summed E-state index contributed by atoms with van der Waals surface area (Å²) in [5.74, 6) is 0.0816. The molecule has 1 atom stereocenters. The minimum Gasteiger partial charge on any atom is -0.497 e.